The third kappa shape index (κ3) is 4.12. The quantitative estimate of drug-likeness (QED) is 0.818. The Kier molecular flexibility index (Phi) is 4.81. The van der Waals surface area contributed by atoms with E-state index >= 15 is 0 Å². The molecule has 7 heteroatoms. The number of hydrogen-bond donors (Lipinski definition) is 2. The summed E-state index contributed by atoms with van der Waals surface area (Å²) in [4.78, 5) is 37.2. The summed E-state index contributed by atoms with van der Waals surface area (Å²) < 4.78 is 0. The van der Waals surface area contributed by atoms with Crippen LogP contribution in [0.1, 0.15) is 46.5 Å². The maximum atomic E-state index is 12.0. The third-order valence-corrected chi connectivity index (χ3v) is 4.49. The first-order valence-corrected chi connectivity index (χ1v) is 8.34. The molecule has 2 aliphatic rings. The Morgan fingerprint density at radius 3 is 2.48 bits per heavy atom. The number of nitrogens with zero attached hydrogens (tertiary/aromatic N) is 1. The average Bonchev–Trinajstić information content (AvgIpc) is 2.68. The SMILES string of the molecule is CC(C)(C)NC(=O)NC1CCCCC1N1C(=O)CSC1=O. The van der Waals surface area contributed by atoms with Gasteiger partial charge in [-0.3, -0.25) is 14.5 Å². The van der Waals surface area contributed by atoms with Gasteiger partial charge in [0.2, 0.25) is 5.91 Å². The second-order valence-electron chi connectivity index (χ2n) is 6.63. The van der Waals surface area contributed by atoms with E-state index in [0.717, 1.165) is 37.4 Å². The van der Waals surface area contributed by atoms with Gasteiger partial charge in [-0.05, 0) is 33.6 Å². The molecule has 0 aromatic rings. The van der Waals surface area contributed by atoms with Crippen LogP contribution in [0.3, 0.4) is 0 Å². The summed E-state index contributed by atoms with van der Waals surface area (Å²) in [6.07, 6.45) is 3.54. The zero-order valence-electron chi connectivity index (χ0n) is 12.8. The number of nitrogens with one attached hydrogen (secondary N) is 2. The van der Waals surface area contributed by atoms with Crippen molar-refractivity contribution in [1.29, 1.82) is 0 Å². The number of hydrogen-bond acceptors (Lipinski definition) is 4. The van der Waals surface area contributed by atoms with Crippen LogP contribution in [-0.4, -0.2) is 45.5 Å². The van der Waals surface area contributed by atoms with Gasteiger partial charge in [-0.1, -0.05) is 24.6 Å². The predicted octanol–water partition coefficient (Wildman–Crippen LogP) is 2.09. The molecular formula is C14H23N3O3S. The lowest BCUT2D eigenvalue weighted by Crippen LogP contribution is -2.58. The van der Waals surface area contributed by atoms with Gasteiger partial charge in [0.05, 0.1) is 17.8 Å². The molecule has 1 saturated carbocycles. The van der Waals surface area contributed by atoms with E-state index < -0.39 is 0 Å². The molecule has 1 aliphatic heterocycles. The van der Waals surface area contributed by atoms with Crippen LogP contribution < -0.4 is 10.6 Å². The van der Waals surface area contributed by atoms with Gasteiger partial charge < -0.3 is 10.6 Å². The number of carbonyl (C=O) groups excluding carboxylic acids is 3. The molecule has 2 unspecified atom stereocenters. The summed E-state index contributed by atoms with van der Waals surface area (Å²) in [7, 11) is 0. The van der Waals surface area contributed by atoms with Crippen molar-refractivity contribution < 1.29 is 14.4 Å². The van der Waals surface area contributed by atoms with Crippen LogP contribution in [0.5, 0.6) is 0 Å². The molecule has 1 heterocycles. The molecule has 6 nitrogen and oxygen atoms in total. The van der Waals surface area contributed by atoms with Crippen LogP contribution in [0, 0.1) is 0 Å². The topological polar surface area (TPSA) is 78.5 Å². The molecule has 21 heavy (non-hydrogen) atoms. The Balaban J connectivity index is 2.04. The number of imide groups is 1. The molecule has 1 aliphatic carbocycles. The first kappa shape index (κ1) is 16.1. The van der Waals surface area contributed by atoms with E-state index in [2.05, 4.69) is 10.6 Å². The van der Waals surface area contributed by atoms with Crippen molar-refractivity contribution in [2.75, 3.05) is 5.75 Å². The first-order valence-electron chi connectivity index (χ1n) is 7.35. The minimum atomic E-state index is -0.316. The normalized spacial score (nSPS) is 26.9. The molecule has 0 aromatic heterocycles. The molecule has 4 amide bonds. The van der Waals surface area contributed by atoms with Crippen LogP contribution in [-0.2, 0) is 4.79 Å². The summed E-state index contributed by atoms with van der Waals surface area (Å²) in [6.45, 7) is 5.74. The van der Waals surface area contributed by atoms with Crippen molar-refractivity contribution in [2.24, 2.45) is 0 Å². The van der Waals surface area contributed by atoms with Gasteiger partial charge in [0.25, 0.3) is 5.24 Å². The molecular weight excluding hydrogens is 290 g/mol. The van der Waals surface area contributed by atoms with E-state index in [9.17, 15) is 14.4 Å². The Labute approximate surface area is 129 Å². The molecule has 118 valence electrons. The zero-order valence-corrected chi connectivity index (χ0v) is 13.6. The second-order valence-corrected chi connectivity index (χ2v) is 7.55. The number of amides is 4. The van der Waals surface area contributed by atoms with Gasteiger partial charge in [0.15, 0.2) is 0 Å². The maximum absolute atomic E-state index is 12.0. The van der Waals surface area contributed by atoms with E-state index in [0.29, 0.717) is 0 Å². The van der Waals surface area contributed by atoms with Crippen LogP contribution in [0.15, 0.2) is 0 Å². The van der Waals surface area contributed by atoms with E-state index in [1.54, 1.807) is 0 Å². The molecule has 0 bridgehead atoms. The minimum absolute atomic E-state index is 0.139. The van der Waals surface area contributed by atoms with Gasteiger partial charge in [-0.2, -0.15) is 0 Å². The van der Waals surface area contributed by atoms with E-state index in [4.69, 9.17) is 0 Å². The summed E-state index contributed by atoms with van der Waals surface area (Å²) in [5.74, 6) is 0.0795. The fourth-order valence-electron chi connectivity index (χ4n) is 2.82. The van der Waals surface area contributed by atoms with Crippen LogP contribution in [0.25, 0.3) is 0 Å². The van der Waals surface area contributed by atoms with Crippen LogP contribution >= 0.6 is 11.8 Å². The molecule has 0 aromatic carbocycles. The Morgan fingerprint density at radius 2 is 1.90 bits per heavy atom. The fourth-order valence-corrected chi connectivity index (χ4v) is 3.58. The summed E-state index contributed by atoms with van der Waals surface area (Å²) >= 11 is 1.05. The summed E-state index contributed by atoms with van der Waals surface area (Å²) in [6, 6.07) is -0.613. The van der Waals surface area contributed by atoms with Gasteiger partial charge in [0.1, 0.15) is 0 Å². The molecule has 0 spiro atoms. The lowest BCUT2D eigenvalue weighted by Gasteiger charge is -2.37. The Hall–Kier alpha value is -1.24. The Morgan fingerprint density at radius 1 is 1.24 bits per heavy atom. The Bertz CT molecular complexity index is 431. The highest BCUT2D eigenvalue weighted by Crippen LogP contribution is 2.30. The molecule has 2 N–H and O–H groups in total. The number of carbonyl (C=O) groups is 3. The smallest absolute Gasteiger partial charge is 0.315 e. The van der Waals surface area contributed by atoms with Crippen molar-refractivity contribution in [3.63, 3.8) is 0 Å². The second kappa shape index (κ2) is 6.25. The highest BCUT2D eigenvalue weighted by Gasteiger charge is 2.41. The van der Waals surface area contributed by atoms with Crippen molar-refractivity contribution in [1.82, 2.24) is 15.5 Å². The number of thioether (sulfide) groups is 1. The van der Waals surface area contributed by atoms with Crippen molar-refractivity contribution >= 4 is 28.9 Å². The highest BCUT2D eigenvalue weighted by molar-refractivity contribution is 8.14. The third-order valence-electron chi connectivity index (χ3n) is 3.65. The molecule has 2 atom stereocenters. The van der Waals surface area contributed by atoms with Crippen molar-refractivity contribution in [3.8, 4) is 0 Å². The highest BCUT2D eigenvalue weighted by atomic mass is 32.2. The van der Waals surface area contributed by atoms with Gasteiger partial charge >= 0.3 is 6.03 Å². The molecule has 0 radical (unpaired) electrons. The van der Waals surface area contributed by atoms with Crippen molar-refractivity contribution in [2.45, 2.75) is 64.1 Å². The van der Waals surface area contributed by atoms with Gasteiger partial charge in [0, 0.05) is 5.54 Å². The van der Waals surface area contributed by atoms with Gasteiger partial charge in [-0.15, -0.1) is 0 Å². The summed E-state index contributed by atoms with van der Waals surface area (Å²) in [5, 5.41) is 5.61. The monoisotopic (exact) mass is 313 g/mol. The standard InChI is InChI=1S/C14H23N3O3S/c1-14(2,3)16-12(19)15-9-6-4-5-7-10(9)17-11(18)8-21-13(17)20/h9-10H,4-8H2,1-3H3,(H2,15,16,19). The van der Waals surface area contributed by atoms with Crippen LogP contribution in [0.2, 0.25) is 0 Å². The van der Waals surface area contributed by atoms with E-state index in [1.165, 1.54) is 4.90 Å². The molecule has 2 fully saturated rings. The van der Waals surface area contributed by atoms with Crippen molar-refractivity contribution in [3.05, 3.63) is 0 Å². The maximum Gasteiger partial charge on any atom is 0.315 e. The predicted molar refractivity (Wildman–Crippen MR) is 82.2 cm³/mol. The first-order chi connectivity index (χ1) is 9.78. The van der Waals surface area contributed by atoms with E-state index in [1.807, 2.05) is 20.8 Å². The van der Waals surface area contributed by atoms with E-state index in [-0.39, 0.29) is 40.6 Å². The molecule has 2 rings (SSSR count). The summed E-state index contributed by atoms with van der Waals surface area (Å²) in [5.41, 5.74) is -0.316. The largest absolute Gasteiger partial charge is 0.334 e. The fraction of sp³-hybridized carbons (Fsp3) is 0.786. The minimum Gasteiger partial charge on any atom is -0.334 e. The average molecular weight is 313 g/mol. The lowest BCUT2D eigenvalue weighted by atomic mass is 9.89. The molecule has 1 saturated heterocycles. The van der Waals surface area contributed by atoms with Gasteiger partial charge in [-0.25, -0.2) is 4.79 Å². The zero-order chi connectivity index (χ0) is 15.6. The lowest BCUT2D eigenvalue weighted by molar-refractivity contribution is -0.127. The van der Waals surface area contributed by atoms with Crippen LogP contribution in [0.4, 0.5) is 9.59 Å². The number of rotatable bonds is 2. The number of urea groups is 1.